The van der Waals surface area contributed by atoms with E-state index >= 15 is 0 Å². The van der Waals surface area contributed by atoms with Gasteiger partial charge in [-0.3, -0.25) is 9.59 Å². The smallest absolute Gasteiger partial charge is 0.232 e. The molecule has 0 unspecified atom stereocenters. The summed E-state index contributed by atoms with van der Waals surface area (Å²) in [6.45, 7) is 0.898. The molecule has 0 saturated heterocycles. The third kappa shape index (κ3) is 4.84. The number of nitrogens with zero attached hydrogens (tertiary/aromatic N) is 2. The van der Waals surface area contributed by atoms with Gasteiger partial charge in [0, 0.05) is 31.2 Å². The second-order valence-electron chi connectivity index (χ2n) is 9.41. The molecule has 0 spiro atoms. The van der Waals surface area contributed by atoms with Gasteiger partial charge in [-0.2, -0.15) is 4.98 Å². The number of hydrogen-bond donors (Lipinski definition) is 2. The Morgan fingerprint density at radius 1 is 1.06 bits per heavy atom. The monoisotopic (exact) mass is 474 g/mol. The van der Waals surface area contributed by atoms with E-state index in [0.29, 0.717) is 37.7 Å². The normalized spacial score (nSPS) is 22.5. The lowest BCUT2D eigenvalue weighted by Gasteiger charge is -2.22. The van der Waals surface area contributed by atoms with Crippen molar-refractivity contribution in [2.45, 2.75) is 43.1 Å². The first-order valence-electron chi connectivity index (χ1n) is 12.1. The molecule has 1 heterocycles. The van der Waals surface area contributed by atoms with Crippen LogP contribution in [0.25, 0.3) is 11.4 Å². The second-order valence-corrected chi connectivity index (χ2v) is 9.41. The van der Waals surface area contributed by atoms with Gasteiger partial charge >= 0.3 is 0 Å². The highest BCUT2D eigenvalue weighted by molar-refractivity contribution is 5.91. The topological polar surface area (TPSA) is 106 Å². The summed E-state index contributed by atoms with van der Waals surface area (Å²) < 4.78 is 10.7. The maximum atomic E-state index is 13.5. The van der Waals surface area contributed by atoms with Crippen LogP contribution in [0.3, 0.4) is 0 Å². The molecule has 35 heavy (non-hydrogen) atoms. The molecule has 0 aliphatic heterocycles. The molecule has 2 aliphatic rings. The first-order valence-corrected chi connectivity index (χ1v) is 12.1. The maximum absolute atomic E-state index is 13.5. The standard InChI is InChI=1S/C27H30N4O4/c1-34-15-14-28-24(32)19-16-21(25-30-23(31-35-25)18-8-4-2-5-9-18)22(17-19)29-26(33)27(12-13-27)20-10-6-3-7-11-20/h2-11,19,21-22H,12-17H2,1H3,(H,28,32)(H,29,33)/t19-,21-,22+/m1/s1. The van der Waals surface area contributed by atoms with Gasteiger partial charge < -0.3 is 19.9 Å². The molecule has 182 valence electrons. The molecule has 2 fully saturated rings. The molecule has 2 saturated carbocycles. The molecule has 3 atom stereocenters. The number of aromatic nitrogens is 2. The van der Waals surface area contributed by atoms with Gasteiger partial charge in [-0.25, -0.2) is 0 Å². The summed E-state index contributed by atoms with van der Waals surface area (Å²) in [5, 5.41) is 10.4. The largest absolute Gasteiger partial charge is 0.383 e. The van der Waals surface area contributed by atoms with Crippen molar-refractivity contribution in [2.24, 2.45) is 5.92 Å². The van der Waals surface area contributed by atoms with Crippen molar-refractivity contribution in [3.05, 3.63) is 72.1 Å². The van der Waals surface area contributed by atoms with Crippen LogP contribution >= 0.6 is 0 Å². The van der Waals surface area contributed by atoms with Crippen molar-refractivity contribution in [2.75, 3.05) is 20.3 Å². The first kappa shape index (κ1) is 23.2. The average Bonchev–Trinajstić information content (AvgIpc) is 3.38. The van der Waals surface area contributed by atoms with Gasteiger partial charge in [0.25, 0.3) is 0 Å². The minimum atomic E-state index is -0.491. The van der Waals surface area contributed by atoms with Crippen molar-refractivity contribution < 1.29 is 18.8 Å². The predicted octanol–water partition coefficient (Wildman–Crippen LogP) is 3.21. The van der Waals surface area contributed by atoms with E-state index in [4.69, 9.17) is 9.26 Å². The Morgan fingerprint density at radius 3 is 2.46 bits per heavy atom. The number of nitrogens with one attached hydrogen (secondary N) is 2. The van der Waals surface area contributed by atoms with Crippen molar-refractivity contribution in [3.8, 4) is 11.4 Å². The fourth-order valence-corrected chi connectivity index (χ4v) is 5.03. The van der Waals surface area contributed by atoms with Gasteiger partial charge in [0.05, 0.1) is 17.9 Å². The molecule has 0 radical (unpaired) electrons. The quantitative estimate of drug-likeness (QED) is 0.461. The third-order valence-corrected chi connectivity index (χ3v) is 7.16. The zero-order chi connectivity index (χ0) is 24.3. The van der Waals surface area contributed by atoms with E-state index in [1.54, 1.807) is 7.11 Å². The van der Waals surface area contributed by atoms with E-state index < -0.39 is 5.41 Å². The van der Waals surface area contributed by atoms with E-state index in [-0.39, 0.29) is 29.7 Å². The third-order valence-electron chi connectivity index (χ3n) is 7.16. The van der Waals surface area contributed by atoms with Gasteiger partial charge in [0.2, 0.25) is 23.5 Å². The van der Waals surface area contributed by atoms with Gasteiger partial charge in [-0.1, -0.05) is 65.8 Å². The first-order chi connectivity index (χ1) is 17.1. The van der Waals surface area contributed by atoms with E-state index in [2.05, 4.69) is 20.8 Å². The number of amides is 2. The van der Waals surface area contributed by atoms with Crippen molar-refractivity contribution >= 4 is 11.8 Å². The zero-order valence-electron chi connectivity index (χ0n) is 19.8. The fourth-order valence-electron chi connectivity index (χ4n) is 5.03. The van der Waals surface area contributed by atoms with Crippen LogP contribution in [0, 0.1) is 5.92 Å². The number of benzene rings is 2. The van der Waals surface area contributed by atoms with Crippen molar-refractivity contribution in [1.29, 1.82) is 0 Å². The zero-order valence-corrected chi connectivity index (χ0v) is 19.8. The highest BCUT2D eigenvalue weighted by Gasteiger charge is 2.53. The van der Waals surface area contributed by atoms with Crippen molar-refractivity contribution in [3.63, 3.8) is 0 Å². The highest BCUT2D eigenvalue weighted by Crippen LogP contribution is 2.49. The van der Waals surface area contributed by atoms with Gasteiger partial charge in [-0.15, -0.1) is 0 Å². The lowest BCUT2D eigenvalue weighted by molar-refractivity contribution is -0.126. The summed E-state index contributed by atoms with van der Waals surface area (Å²) in [6.07, 6.45) is 2.68. The number of rotatable bonds is 9. The van der Waals surface area contributed by atoms with Crippen LogP contribution in [0.15, 0.2) is 65.2 Å². The average molecular weight is 475 g/mol. The summed E-state index contributed by atoms with van der Waals surface area (Å²) in [5.74, 6) is 0.403. The second kappa shape index (κ2) is 10.00. The SMILES string of the molecule is COCCNC(=O)[C@H]1C[C@H](NC(=O)C2(c3ccccc3)CC2)[C@H](c2nc(-c3ccccc3)no2)C1. The summed E-state index contributed by atoms with van der Waals surface area (Å²) in [6, 6.07) is 19.2. The molecule has 2 aromatic carbocycles. The van der Waals surface area contributed by atoms with E-state index in [1.807, 2.05) is 60.7 Å². The van der Waals surface area contributed by atoms with Crippen LogP contribution in [-0.2, 0) is 19.7 Å². The predicted molar refractivity (Wildman–Crippen MR) is 129 cm³/mol. The Kier molecular flexibility index (Phi) is 6.63. The Morgan fingerprint density at radius 2 is 1.77 bits per heavy atom. The highest BCUT2D eigenvalue weighted by atomic mass is 16.5. The lowest BCUT2D eigenvalue weighted by atomic mass is 9.93. The lowest BCUT2D eigenvalue weighted by Crippen LogP contribution is -2.43. The minimum absolute atomic E-state index is 0.00180. The molecule has 0 bridgehead atoms. The number of carbonyl (C=O) groups excluding carboxylic acids is 2. The molecular formula is C27H30N4O4. The Labute approximate surface area is 204 Å². The van der Waals surface area contributed by atoms with Crippen LogP contribution < -0.4 is 10.6 Å². The summed E-state index contributed by atoms with van der Waals surface area (Å²) in [5.41, 5.74) is 1.40. The Hall–Kier alpha value is -3.52. The number of carbonyl (C=O) groups is 2. The van der Waals surface area contributed by atoms with Crippen LogP contribution in [-0.4, -0.2) is 48.3 Å². The molecule has 2 aliphatic carbocycles. The molecule has 3 aromatic rings. The Bertz CT molecular complexity index is 1160. The van der Waals surface area contributed by atoms with Crippen LogP contribution in [0.2, 0.25) is 0 Å². The van der Waals surface area contributed by atoms with Gasteiger partial charge in [0.15, 0.2) is 0 Å². The molecule has 8 nitrogen and oxygen atoms in total. The molecule has 1 aromatic heterocycles. The number of methoxy groups -OCH3 is 1. The number of ether oxygens (including phenoxy) is 1. The summed E-state index contributed by atoms with van der Waals surface area (Å²) in [7, 11) is 1.60. The van der Waals surface area contributed by atoms with Gasteiger partial charge in [0.1, 0.15) is 0 Å². The maximum Gasteiger partial charge on any atom is 0.232 e. The Balaban J connectivity index is 1.36. The van der Waals surface area contributed by atoms with Crippen LogP contribution in [0.1, 0.15) is 43.1 Å². The minimum Gasteiger partial charge on any atom is -0.383 e. The fraction of sp³-hybridized carbons (Fsp3) is 0.407. The summed E-state index contributed by atoms with van der Waals surface area (Å²) in [4.78, 5) is 31.0. The van der Waals surface area contributed by atoms with E-state index in [9.17, 15) is 9.59 Å². The molecule has 2 N–H and O–H groups in total. The van der Waals surface area contributed by atoms with Gasteiger partial charge in [-0.05, 0) is 31.2 Å². The molecular weight excluding hydrogens is 444 g/mol. The van der Waals surface area contributed by atoms with Crippen molar-refractivity contribution in [1.82, 2.24) is 20.8 Å². The molecule has 5 rings (SSSR count). The summed E-state index contributed by atoms with van der Waals surface area (Å²) >= 11 is 0. The van der Waals surface area contributed by atoms with E-state index in [0.717, 1.165) is 24.0 Å². The van der Waals surface area contributed by atoms with Crippen LogP contribution in [0.4, 0.5) is 0 Å². The number of hydrogen-bond acceptors (Lipinski definition) is 6. The molecule has 8 heteroatoms. The van der Waals surface area contributed by atoms with Crippen LogP contribution in [0.5, 0.6) is 0 Å². The molecule has 2 amide bonds. The van der Waals surface area contributed by atoms with E-state index in [1.165, 1.54) is 0 Å².